The Morgan fingerprint density at radius 3 is 2.35 bits per heavy atom. The minimum absolute atomic E-state index is 0.333. The maximum atomic E-state index is 11.5. The maximum absolute atomic E-state index is 11.5. The number of ether oxygens (including phenoxy) is 3. The minimum Gasteiger partial charge on any atom is -0.490 e. The molecule has 0 spiro atoms. The number of hydrogen-bond donors (Lipinski definition) is 1. The standard InChI is InChI=1S/C15H23NO4/c1-4-18-13-8-7-11(10-14(13)19-5-2)9-12(16)15(17)20-6-3/h7-8,10,12H,4-6,9,16H2,1-3H3/t12-/m0/s1. The van der Waals surface area contributed by atoms with E-state index in [4.69, 9.17) is 19.9 Å². The zero-order valence-corrected chi connectivity index (χ0v) is 12.3. The van der Waals surface area contributed by atoms with Crippen LogP contribution in [0.3, 0.4) is 0 Å². The van der Waals surface area contributed by atoms with Crippen molar-refractivity contribution in [3.05, 3.63) is 23.8 Å². The average Bonchev–Trinajstić information content (AvgIpc) is 2.42. The largest absolute Gasteiger partial charge is 0.490 e. The Kier molecular flexibility index (Phi) is 6.87. The molecule has 1 aromatic rings. The van der Waals surface area contributed by atoms with Gasteiger partial charge in [-0.1, -0.05) is 6.07 Å². The molecule has 0 saturated heterocycles. The van der Waals surface area contributed by atoms with Crippen molar-refractivity contribution in [2.75, 3.05) is 19.8 Å². The van der Waals surface area contributed by atoms with Crippen LogP contribution in [-0.4, -0.2) is 31.8 Å². The first-order valence-corrected chi connectivity index (χ1v) is 6.93. The van der Waals surface area contributed by atoms with Crippen molar-refractivity contribution in [2.24, 2.45) is 5.73 Å². The van der Waals surface area contributed by atoms with Crippen LogP contribution in [0.5, 0.6) is 11.5 Å². The van der Waals surface area contributed by atoms with Crippen molar-refractivity contribution in [1.82, 2.24) is 0 Å². The highest BCUT2D eigenvalue weighted by molar-refractivity contribution is 5.75. The molecule has 0 bridgehead atoms. The molecule has 0 heterocycles. The molecule has 0 saturated carbocycles. The van der Waals surface area contributed by atoms with Crippen LogP contribution >= 0.6 is 0 Å². The molecule has 1 atom stereocenters. The van der Waals surface area contributed by atoms with Crippen molar-refractivity contribution in [3.63, 3.8) is 0 Å². The number of carbonyl (C=O) groups is 1. The third-order valence-corrected chi connectivity index (χ3v) is 2.65. The van der Waals surface area contributed by atoms with Gasteiger partial charge in [0.2, 0.25) is 0 Å². The van der Waals surface area contributed by atoms with Crippen molar-refractivity contribution >= 4 is 5.97 Å². The molecule has 0 unspecified atom stereocenters. The first kappa shape index (κ1) is 16.3. The zero-order valence-electron chi connectivity index (χ0n) is 12.3. The SMILES string of the molecule is CCOC(=O)[C@@H](N)Cc1ccc(OCC)c(OCC)c1. The molecule has 0 amide bonds. The molecular weight excluding hydrogens is 258 g/mol. The minimum atomic E-state index is -0.664. The van der Waals surface area contributed by atoms with E-state index in [9.17, 15) is 4.79 Å². The van der Waals surface area contributed by atoms with E-state index in [1.165, 1.54) is 0 Å². The molecule has 1 aromatic carbocycles. The van der Waals surface area contributed by atoms with E-state index in [0.29, 0.717) is 37.7 Å². The second-order valence-electron chi connectivity index (χ2n) is 4.21. The highest BCUT2D eigenvalue weighted by Gasteiger charge is 2.16. The van der Waals surface area contributed by atoms with Crippen molar-refractivity contribution < 1.29 is 19.0 Å². The van der Waals surface area contributed by atoms with Gasteiger partial charge in [-0.3, -0.25) is 4.79 Å². The summed E-state index contributed by atoms with van der Waals surface area (Å²) in [5, 5.41) is 0. The van der Waals surface area contributed by atoms with Gasteiger partial charge in [0.05, 0.1) is 19.8 Å². The Hall–Kier alpha value is -1.75. The Morgan fingerprint density at radius 2 is 1.75 bits per heavy atom. The van der Waals surface area contributed by atoms with Crippen LogP contribution in [-0.2, 0) is 16.0 Å². The fourth-order valence-electron chi connectivity index (χ4n) is 1.81. The van der Waals surface area contributed by atoms with Crippen LogP contribution in [0.15, 0.2) is 18.2 Å². The molecular formula is C15H23NO4. The highest BCUT2D eigenvalue weighted by Crippen LogP contribution is 2.28. The normalized spacial score (nSPS) is 11.8. The van der Waals surface area contributed by atoms with Gasteiger partial charge in [-0.05, 0) is 44.9 Å². The van der Waals surface area contributed by atoms with Gasteiger partial charge in [-0.2, -0.15) is 0 Å². The summed E-state index contributed by atoms with van der Waals surface area (Å²) in [6.45, 7) is 7.04. The Labute approximate surface area is 120 Å². The van der Waals surface area contributed by atoms with E-state index in [0.717, 1.165) is 5.56 Å². The van der Waals surface area contributed by atoms with E-state index in [-0.39, 0.29) is 5.97 Å². The smallest absolute Gasteiger partial charge is 0.323 e. The van der Waals surface area contributed by atoms with E-state index in [1.807, 2.05) is 32.0 Å². The molecule has 5 nitrogen and oxygen atoms in total. The van der Waals surface area contributed by atoms with Crippen LogP contribution in [0.1, 0.15) is 26.3 Å². The number of hydrogen-bond acceptors (Lipinski definition) is 5. The summed E-state index contributed by atoms with van der Waals surface area (Å²) in [6, 6.07) is 4.91. The Balaban J connectivity index is 2.80. The van der Waals surface area contributed by atoms with Crippen LogP contribution < -0.4 is 15.2 Å². The van der Waals surface area contributed by atoms with Crippen molar-refractivity contribution in [3.8, 4) is 11.5 Å². The molecule has 0 aromatic heterocycles. The predicted octanol–water partition coefficient (Wildman–Crippen LogP) is 1.92. The quantitative estimate of drug-likeness (QED) is 0.737. The molecule has 112 valence electrons. The lowest BCUT2D eigenvalue weighted by molar-refractivity contribution is -0.144. The Bertz CT molecular complexity index is 434. The Morgan fingerprint density at radius 1 is 1.10 bits per heavy atom. The fraction of sp³-hybridized carbons (Fsp3) is 0.533. The number of benzene rings is 1. The maximum Gasteiger partial charge on any atom is 0.323 e. The summed E-state index contributed by atoms with van der Waals surface area (Å²) in [5.41, 5.74) is 6.72. The summed E-state index contributed by atoms with van der Waals surface area (Å²) in [7, 11) is 0. The van der Waals surface area contributed by atoms with Gasteiger partial charge in [0.25, 0.3) is 0 Å². The monoisotopic (exact) mass is 281 g/mol. The van der Waals surface area contributed by atoms with E-state index >= 15 is 0 Å². The average molecular weight is 281 g/mol. The zero-order chi connectivity index (χ0) is 15.0. The summed E-state index contributed by atoms with van der Waals surface area (Å²) in [6.07, 6.45) is 0.408. The van der Waals surface area contributed by atoms with Gasteiger partial charge in [0.15, 0.2) is 11.5 Å². The van der Waals surface area contributed by atoms with E-state index in [2.05, 4.69) is 0 Å². The number of nitrogens with two attached hydrogens (primary N) is 1. The van der Waals surface area contributed by atoms with Gasteiger partial charge >= 0.3 is 5.97 Å². The van der Waals surface area contributed by atoms with Crippen LogP contribution in [0.4, 0.5) is 0 Å². The molecule has 2 N–H and O–H groups in total. The van der Waals surface area contributed by atoms with Gasteiger partial charge in [0.1, 0.15) is 6.04 Å². The summed E-state index contributed by atoms with van der Waals surface area (Å²) >= 11 is 0. The lowest BCUT2D eigenvalue weighted by Crippen LogP contribution is -2.34. The third-order valence-electron chi connectivity index (χ3n) is 2.65. The van der Waals surface area contributed by atoms with Crippen molar-refractivity contribution in [2.45, 2.75) is 33.2 Å². The first-order chi connectivity index (χ1) is 9.62. The highest BCUT2D eigenvalue weighted by atomic mass is 16.5. The van der Waals surface area contributed by atoms with Gasteiger partial charge in [-0.15, -0.1) is 0 Å². The topological polar surface area (TPSA) is 70.8 Å². The summed E-state index contributed by atoms with van der Waals surface area (Å²) < 4.78 is 15.9. The van der Waals surface area contributed by atoms with Crippen LogP contribution in [0.2, 0.25) is 0 Å². The van der Waals surface area contributed by atoms with Crippen molar-refractivity contribution in [1.29, 1.82) is 0 Å². The predicted molar refractivity (Wildman–Crippen MR) is 77.1 cm³/mol. The van der Waals surface area contributed by atoms with Gasteiger partial charge in [-0.25, -0.2) is 0 Å². The van der Waals surface area contributed by atoms with E-state index < -0.39 is 6.04 Å². The van der Waals surface area contributed by atoms with Gasteiger partial charge in [0, 0.05) is 0 Å². The fourth-order valence-corrected chi connectivity index (χ4v) is 1.81. The first-order valence-electron chi connectivity index (χ1n) is 6.93. The molecule has 5 heteroatoms. The number of carbonyl (C=O) groups excluding carboxylic acids is 1. The molecule has 0 aliphatic heterocycles. The summed E-state index contributed by atoms with van der Waals surface area (Å²) in [4.78, 5) is 11.5. The van der Waals surface area contributed by atoms with Gasteiger partial charge < -0.3 is 19.9 Å². The molecule has 1 rings (SSSR count). The third kappa shape index (κ3) is 4.74. The van der Waals surface area contributed by atoms with E-state index in [1.54, 1.807) is 6.92 Å². The molecule has 0 aliphatic carbocycles. The number of rotatable bonds is 8. The summed E-state index contributed by atoms with van der Waals surface area (Å²) in [5.74, 6) is 0.977. The lowest BCUT2D eigenvalue weighted by Gasteiger charge is -2.14. The number of esters is 1. The van der Waals surface area contributed by atoms with Crippen LogP contribution in [0.25, 0.3) is 0 Å². The molecule has 0 aliphatic rings. The second-order valence-corrected chi connectivity index (χ2v) is 4.21. The molecule has 0 radical (unpaired) electrons. The second kappa shape index (κ2) is 8.43. The van der Waals surface area contributed by atoms with Crippen LogP contribution in [0, 0.1) is 0 Å². The lowest BCUT2D eigenvalue weighted by atomic mass is 10.1. The molecule has 20 heavy (non-hydrogen) atoms. The molecule has 0 fully saturated rings.